The molecule has 4 nitrogen and oxygen atoms in total. The number of benzene rings is 1. The number of nitriles is 1. The lowest BCUT2D eigenvalue weighted by Crippen LogP contribution is -2.49. The summed E-state index contributed by atoms with van der Waals surface area (Å²) in [5.41, 5.74) is 0.828. The number of carbonyl (C=O) groups excluding carboxylic acids is 1. The van der Waals surface area contributed by atoms with E-state index in [0.29, 0.717) is 31.2 Å². The van der Waals surface area contributed by atoms with Gasteiger partial charge in [0.2, 0.25) is 0 Å². The minimum absolute atomic E-state index is 0.0749. The second-order valence-corrected chi connectivity index (χ2v) is 6.71. The summed E-state index contributed by atoms with van der Waals surface area (Å²) in [6.45, 7) is 2.58. The molecule has 1 aromatic heterocycles. The van der Waals surface area contributed by atoms with Crippen LogP contribution in [0, 0.1) is 11.3 Å². The van der Waals surface area contributed by atoms with Gasteiger partial charge in [0.15, 0.2) is 0 Å². The third-order valence-corrected chi connectivity index (χ3v) is 5.22. The van der Waals surface area contributed by atoms with Gasteiger partial charge >= 0.3 is 0 Å². The minimum Gasteiger partial charge on any atom is -0.335 e. The third kappa shape index (κ3) is 3.40. The van der Waals surface area contributed by atoms with Crippen molar-refractivity contribution in [3.63, 3.8) is 0 Å². The van der Waals surface area contributed by atoms with E-state index < -0.39 is 0 Å². The molecule has 0 spiro atoms. The van der Waals surface area contributed by atoms with Crippen LogP contribution < -0.4 is 0 Å². The lowest BCUT2D eigenvalue weighted by Gasteiger charge is -2.37. The van der Waals surface area contributed by atoms with Crippen LogP contribution in [0.5, 0.6) is 0 Å². The van der Waals surface area contributed by atoms with Crippen molar-refractivity contribution in [2.45, 2.75) is 6.04 Å². The molecule has 0 bridgehead atoms. The molecule has 3 rings (SSSR count). The van der Waals surface area contributed by atoms with Gasteiger partial charge in [0.05, 0.1) is 10.9 Å². The Morgan fingerprint density at radius 2 is 1.91 bits per heavy atom. The van der Waals surface area contributed by atoms with Crippen LogP contribution in [0.4, 0.5) is 0 Å². The Hall–Kier alpha value is -1.87. The lowest BCUT2D eigenvalue weighted by molar-refractivity contribution is 0.0611. The predicted molar refractivity (Wildman–Crippen MR) is 91.6 cm³/mol. The van der Waals surface area contributed by atoms with Gasteiger partial charge in [-0.25, -0.2) is 0 Å². The van der Waals surface area contributed by atoms with Crippen LogP contribution in [0.3, 0.4) is 0 Å². The molecule has 1 saturated heterocycles. The molecule has 1 aromatic carbocycles. The summed E-state index contributed by atoms with van der Waals surface area (Å²) >= 11 is 7.68. The monoisotopic (exact) mass is 345 g/mol. The zero-order valence-electron chi connectivity index (χ0n) is 12.5. The maximum atomic E-state index is 12.4. The molecule has 6 heteroatoms. The van der Waals surface area contributed by atoms with Gasteiger partial charge in [-0.05, 0) is 17.5 Å². The summed E-state index contributed by atoms with van der Waals surface area (Å²) in [5, 5.41) is 12.1. The molecule has 0 radical (unpaired) electrons. The van der Waals surface area contributed by atoms with Gasteiger partial charge in [0.1, 0.15) is 6.04 Å². The molecule has 23 heavy (non-hydrogen) atoms. The number of carbonyl (C=O) groups is 1. The molecule has 2 aromatic rings. The molecule has 1 aliphatic rings. The third-order valence-electron chi connectivity index (χ3n) is 4.02. The summed E-state index contributed by atoms with van der Waals surface area (Å²) in [4.78, 5) is 17.1. The van der Waals surface area contributed by atoms with Crippen LogP contribution in [-0.4, -0.2) is 41.9 Å². The Morgan fingerprint density at radius 3 is 2.52 bits per heavy atom. The number of rotatable bonds is 3. The molecule has 0 N–H and O–H groups in total. The molecule has 1 atom stereocenters. The van der Waals surface area contributed by atoms with Crippen LogP contribution in [0.25, 0.3) is 0 Å². The fourth-order valence-corrected chi connectivity index (χ4v) is 3.71. The summed E-state index contributed by atoms with van der Waals surface area (Å²) in [6, 6.07) is 13.1. The summed E-state index contributed by atoms with van der Waals surface area (Å²) < 4.78 is 0. The smallest absolute Gasteiger partial charge is 0.264 e. The Bertz CT molecular complexity index is 718. The molecule has 118 valence electrons. The van der Waals surface area contributed by atoms with Crippen LogP contribution in [-0.2, 0) is 0 Å². The van der Waals surface area contributed by atoms with Crippen molar-refractivity contribution in [3.8, 4) is 6.07 Å². The number of hydrogen-bond acceptors (Lipinski definition) is 4. The van der Waals surface area contributed by atoms with Gasteiger partial charge in [-0.15, -0.1) is 11.3 Å². The van der Waals surface area contributed by atoms with E-state index >= 15 is 0 Å². The predicted octanol–water partition coefficient (Wildman–Crippen LogP) is 3.42. The summed E-state index contributed by atoms with van der Waals surface area (Å²) in [7, 11) is 0. The highest BCUT2D eigenvalue weighted by Crippen LogP contribution is 2.28. The summed E-state index contributed by atoms with van der Waals surface area (Å²) in [5.74, 6) is 0.0749. The molecule has 1 unspecified atom stereocenters. The first-order valence-electron chi connectivity index (χ1n) is 7.41. The van der Waals surface area contributed by atoms with Crippen LogP contribution in [0.15, 0.2) is 41.8 Å². The molecule has 2 heterocycles. The van der Waals surface area contributed by atoms with Crippen molar-refractivity contribution in [3.05, 3.63) is 57.2 Å². The highest BCUT2D eigenvalue weighted by Gasteiger charge is 2.28. The number of amides is 1. The fourth-order valence-electron chi connectivity index (χ4n) is 2.78. The second-order valence-electron chi connectivity index (χ2n) is 5.36. The highest BCUT2D eigenvalue weighted by molar-refractivity contribution is 7.12. The van der Waals surface area contributed by atoms with Crippen molar-refractivity contribution in [2.24, 2.45) is 0 Å². The molecule has 0 aliphatic carbocycles. The maximum absolute atomic E-state index is 12.4. The summed E-state index contributed by atoms with van der Waals surface area (Å²) in [6.07, 6.45) is 0. The molecular weight excluding hydrogens is 330 g/mol. The van der Waals surface area contributed by atoms with Crippen LogP contribution in [0.2, 0.25) is 5.02 Å². The van der Waals surface area contributed by atoms with E-state index in [1.807, 2.05) is 40.6 Å². The first kappa shape index (κ1) is 16.0. The van der Waals surface area contributed by atoms with Crippen molar-refractivity contribution in [1.82, 2.24) is 9.80 Å². The lowest BCUT2D eigenvalue weighted by atomic mass is 10.1. The highest BCUT2D eigenvalue weighted by atomic mass is 35.5. The number of hydrogen-bond donors (Lipinski definition) is 0. The van der Waals surface area contributed by atoms with Gasteiger partial charge in [-0.2, -0.15) is 5.26 Å². The average Bonchev–Trinajstić information content (AvgIpc) is 3.12. The van der Waals surface area contributed by atoms with Gasteiger partial charge in [-0.3, -0.25) is 9.69 Å². The van der Waals surface area contributed by atoms with E-state index in [0.717, 1.165) is 10.4 Å². The van der Waals surface area contributed by atoms with Gasteiger partial charge in [0, 0.05) is 36.8 Å². The molecule has 0 saturated carbocycles. The normalized spacial score (nSPS) is 16.8. The number of nitrogens with zero attached hydrogens (tertiary/aromatic N) is 3. The Labute approximate surface area is 144 Å². The second kappa shape index (κ2) is 7.14. The SMILES string of the molecule is N#CC(c1ccccc1Cl)N1CCN(C(=O)c2cccs2)CC1. The van der Waals surface area contributed by atoms with Crippen LogP contribution in [0.1, 0.15) is 21.3 Å². The number of piperazine rings is 1. The van der Waals surface area contributed by atoms with E-state index in [4.69, 9.17) is 11.6 Å². The largest absolute Gasteiger partial charge is 0.335 e. The van der Waals surface area contributed by atoms with E-state index in [9.17, 15) is 10.1 Å². The zero-order chi connectivity index (χ0) is 16.2. The van der Waals surface area contributed by atoms with Gasteiger partial charge in [0.25, 0.3) is 5.91 Å². The fraction of sp³-hybridized carbons (Fsp3) is 0.294. The average molecular weight is 346 g/mol. The first-order chi connectivity index (χ1) is 11.2. The number of thiophene rings is 1. The van der Waals surface area contributed by atoms with E-state index in [1.54, 1.807) is 6.07 Å². The van der Waals surface area contributed by atoms with Crippen LogP contribution >= 0.6 is 22.9 Å². The van der Waals surface area contributed by atoms with E-state index in [2.05, 4.69) is 11.0 Å². The van der Waals surface area contributed by atoms with Crippen molar-refractivity contribution in [1.29, 1.82) is 5.26 Å². The molecular formula is C17H16ClN3OS. The van der Waals surface area contributed by atoms with Crippen molar-refractivity contribution < 1.29 is 4.79 Å². The minimum atomic E-state index is -0.373. The van der Waals surface area contributed by atoms with Gasteiger partial charge in [-0.1, -0.05) is 35.9 Å². The quantitative estimate of drug-likeness (QED) is 0.856. The van der Waals surface area contributed by atoms with Crippen molar-refractivity contribution in [2.75, 3.05) is 26.2 Å². The standard InChI is InChI=1S/C17H16ClN3OS/c18-14-5-2-1-4-13(14)15(12-19)20-7-9-21(10-8-20)17(22)16-6-3-11-23-16/h1-6,11,15H,7-10H2. The zero-order valence-corrected chi connectivity index (χ0v) is 14.1. The maximum Gasteiger partial charge on any atom is 0.264 e. The Morgan fingerprint density at radius 1 is 1.17 bits per heavy atom. The molecule has 1 amide bonds. The topological polar surface area (TPSA) is 47.3 Å². The Balaban J connectivity index is 1.67. The van der Waals surface area contributed by atoms with E-state index in [1.165, 1.54) is 11.3 Å². The Kier molecular flexibility index (Phi) is 4.97. The van der Waals surface area contributed by atoms with E-state index in [-0.39, 0.29) is 11.9 Å². The molecule has 1 aliphatic heterocycles. The molecule has 1 fully saturated rings. The first-order valence-corrected chi connectivity index (χ1v) is 8.67. The van der Waals surface area contributed by atoms with Gasteiger partial charge < -0.3 is 4.90 Å². The number of halogens is 1. The van der Waals surface area contributed by atoms with Crippen molar-refractivity contribution >= 4 is 28.8 Å².